The number of aromatic nitrogens is 1. The molecule has 1 aromatic rings. The van der Waals surface area contributed by atoms with Gasteiger partial charge < -0.3 is 10.2 Å². The lowest BCUT2D eigenvalue weighted by Crippen LogP contribution is -2.31. The maximum atomic E-state index is 4.67. The molecule has 0 aliphatic rings. The molecule has 0 amide bonds. The molecule has 0 aliphatic heterocycles. The number of hydrogen-bond acceptors (Lipinski definition) is 4. The summed E-state index contributed by atoms with van der Waals surface area (Å²) in [5.74, 6) is 2.18. The first-order valence-electron chi connectivity index (χ1n) is 5.93. The molecule has 0 saturated carbocycles. The van der Waals surface area contributed by atoms with Gasteiger partial charge in [0.1, 0.15) is 5.82 Å². The largest absolute Gasteiger partial charge is 0.356 e. The molecule has 17 heavy (non-hydrogen) atoms. The molecule has 0 spiro atoms. The van der Waals surface area contributed by atoms with E-state index in [1.165, 1.54) is 5.56 Å². The monoisotopic (exact) mass is 253 g/mol. The van der Waals surface area contributed by atoms with E-state index in [0.29, 0.717) is 6.04 Å². The number of thioether (sulfide) groups is 1. The lowest BCUT2D eigenvalue weighted by Gasteiger charge is -2.26. The van der Waals surface area contributed by atoms with Crippen molar-refractivity contribution in [1.82, 2.24) is 10.3 Å². The summed E-state index contributed by atoms with van der Waals surface area (Å²) >= 11 is 1.87. The highest BCUT2D eigenvalue weighted by atomic mass is 32.2. The van der Waals surface area contributed by atoms with Crippen LogP contribution in [-0.4, -0.2) is 37.1 Å². The fourth-order valence-electron chi connectivity index (χ4n) is 1.73. The fourth-order valence-corrected chi connectivity index (χ4v) is 2.44. The van der Waals surface area contributed by atoms with E-state index in [2.05, 4.69) is 54.5 Å². The predicted octanol–water partition coefficient (Wildman–Crippen LogP) is 2.30. The van der Waals surface area contributed by atoms with E-state index in [4.69, 9.17) is 0 Å². The third-order valence-corrected chi connectivity index (χ3v) is 3.79. The second-order valence-corrected chi connectivity index (χ2v) is 5.27. The second kappa shape index (κ2) is 6.87. The van der Waals surface area contributed by atoms with E-state index < -0.39 is 0 Å². The lowest BCUT2D eigenvalue weighted by atomic mass is 10.2. The van der Waals surface area contributed by atoms with Gasteiger partial charge in [-0.25, -0.2) is 4.98 Å². The molecule has 1 unspecified atom stereocenters. The Hall–Kier alpha value is -0.740. The first kappa shape index (κ1) is 14.3. The van der Waals surface area contributed by atoms with Gasteiger partial charge >= 0.3 is 0 Å². The smallest absolute Gasteiger partial charge is 0.128 e. The Morgan fingerprint density at radius 3 is 2.71 bits per heavy atom. The third kappa shape index (κ3) is 3.89. The standard InChI is InChI=1S/C13H23N3S/c1-10(9-17-5)16(4)13-7-6-12(8-14-3)11(2)15-13/h6-7,10,14H,8-9H2,1-5H3. The summed E-state index contributed by atoms with van der Waals surface area (Å²) in [5.41, 5.74) is 2.38. The molecule has 1 N–H and O–H groups in total. The fraction of sp³-hybridized carbons (Fsp3) is 0.615. The summed E-state index contributed by atoms with van der Waals surface area (Å²) < 4.78 is 0. The number of pyridine rings is 1. The average molecular weight is 253 g/mol. The van der Waals surface area contributed by atoms with Gasteiger partial charge in [-0.2, -0.15) is 11.8 Å². The van der Waals surface area contributed by atoms with Crippen LogP contribution in [0.4, 0.5) is 5.82 Å². The molecule has 1 heterocycles. The molecule has 0 aliphatic carbocycles. The summed E-state index contributed by atoms with van der Waals surface area (Å²) in [7, 11) is 4.07. The zero-order chi connectivity index (χ0) is 12.8. The van der Waals surface area contributed by atoms with Crippen LogP contribution in [0.2, 0.25) is 0 Å². The van der Waals surface area contributed by atoms with Crippen LogP contribution in [0.15, 0.2) is 12.1 Å². The Balaban J connectivity index is 2.81. The van der Waals surface area contributed by atoms with Crippen molar-refractivity contribution >= 4 is 17.6 Å². The predicted molar refractivity (Wildman–Crippen MR) is 78.0 cm³/mol. The molecule has 1 atom stereocenters. The van der Waals surface area contributed by atoms with Gasteiger partial charge in [0.25, 0.3) is 0 Å². The Labute approximate surface area is 109 Å². The van der Waals surface area contributed by atoms with Crippen LogP contribution in [0.1, 0.15) is 18.2 Å². The van der Waals surface area contributed by atoms with Crippen molar-refractivity contribution in [2.24, 2.45) is 0 Å². The summed E-state index contributed by atoms with van der Waals surface area (Å²) in [5, 5.41) is 3.16. The van der Waals surface area contributed by atoms with Crippen molar-refractivity contribution in [3.05, 3.63) is 23.4 Å². The van der Waals surface area contributed by atoms with Gasteiger partial charge in [0.05, 0.1) is 0 Å². The Bertz CT molecular complexity index is 355. The molecule has 0 bridgehead atoms. The van der Waals surface area contributed by atoms with Gasteiger partial charge in [0, 0.05) is 31.1 Å². The topological polar surface area (TPSA) is 28.2 Å². The lowest BCUT2D eigenvalue weighted by molar-refractivity contribution is 0.746. The number of aryl methyl sites for hydroxylation is 1. The highest BCUT2D eigenvalue weighted by Crippen LogP contribution is 2.17. The first-order chi connectivity index (χ1) is 8.10. The minimum atomic E-state index is 0.507. The summed E-state index contributed by atoms with van der Waals surface area (Å²) in [6.45, 7) is 5.18. The van der Waals surface area contributed by atoms with Crippen LogP contribution < -0.4 is 10.2 Å². The van der Waals surface area contributed by atoms with Crippen LogP contribution in [0.3, 0.4) is 0 Å². The molecule has 1 aromatic heterocycles. The molecule has 0 fully saturated rings. The normalized spacial score (nSPS) is 12.5. The zero-order valence-electron chi connectivity index (χ0n) is 11.4. The Kier molecular flexibility index (Phi) is 5.78. The Morgan fingerprint density at radius 2 is 2.18 bits per heavy atom. The molecule has 0 saturated heterocycles. The van der Waals surface area contributed by atoms with Gasteiger partial charge in [-0.15, -0.1) is 0 Å². The van der Waals surface area contributed by atoms with Gasteiger partial charge in [-0.05, 0) is 38.8 Å². The highest BCUT2D eigenvalue weighted by Gasteiger charge is 2.11. The Morgan fingerprint density at radius 1 is 1.47 bits per heavy atom. The second-order valence-electron chi connectivity index (χ2n) is 4.36. The maximum absolute atomic E-state index is 4.67. The SMILES string of the molecule is CNCc1ccc(N(C)C(C)CSC)nc1C. The van der Waals surface area contributed by atoms with Gasteiger partial charge in [0.2, 0.25) is 0 Å². The van der Waals surface area contributed by atoms with Crippen molar-refractivity contribution < 1.29 is 0 Å². The van der Waals surface area contributed by atoms with Crippen molar-refractivity contribution in [2.75, 3.05) is 31.0 Å². The summed E-state index contributed by atoms with van der Waals surface area (Å²) in [6.07, 6.45) is 2.14. The number of anilines is 1. The third-order valence-electron chi connectivity index (χ3n) is 2.98. The van der Waals surface area contributed by atoms with E-state index in [-0.39, 0.29) is 0 Å². The van der Waals surface area contributed by atoms with Crippen molar-refractivity contribution in [3.8, 4) is 0 Å². The van der Waals surface area contributed by atoms with Crippen molar-refractivity contribution in [1.29, 1.82) is 0 Å². The molecule has 0 radical (unpaired) electrons. The van der Waals surface area contributed by atoms with Crippen LogP contribution in [-0.2, 0) is 6.54 Å². The number of hydrogen-bond donors (Lipinski definition) is 1. The molecular formula is C13H23N3S. The van der Waals surface area contributed by atoms with Gasteiger partial charge in [-0.1, -0.05) is 6.07 Å². The molecule has 96 valence electrons. The summed E-state index contributed by atoms with van der Waals surface area (Å²) in [4.78, 5) is 6.91. The van der Waals surface area contributed by atoms with Crippen LogP contribution in [0.5, 0.6) is 0 Å². The van der Waals surface area contributed by atoms with Crippen LogP contribution >= 0.6 is 11.8 Å². The molecule has 3 nitrogen and oxygen atoms in total. The molecule has 0 aromatic carbocycles. The molecule has 1 rings (SSSR count). The minimum Gasteiger partial charge on any atom is -0.356 e. The van der Waals surface area contributed by atoms with Crippen LogP contribution in [0, 0.1) is 6.92 Å². The van der Waals surface area contributed by atoms with Crippen LogP contribution in [0.25, 0.3) is 0 Å². The molecule has 4 heteroatoms. The number of rotatable bonds is 6. The van der Waals surface area contributed by atoms with Gasteiger partial charge in [-0.3, -0.25) is 0 Å². The van der Waals surface area contributed by atoms with Crippen molar-refractivity contribution in [2.45, 2.75) is 26.4 Å². The average Bonchev–Trinajstić information content (AvgIpc) is 2.31. The molecular weight excluding hydrogens is 230 g/mol. The van der Waals surface area contributed by atoms with E-state index >= 15 is 0 Å². The number of nitrogens with one attached hydrogen (secondary N) is 1. The summed E-state index contributed by atoms with van der Waals surface area (Å²) in [6, 6.07) is 4.78. The van der Waals surface area contributed by atoms with E-state index in [9.17, 15) is 0 Å². The maximum Gasteiger partial charge on any atom is 0.128 e. The quantitative estimate of drug-likeness (QED) is 0.842. The minimum absolute atomic E-state index is 0.507. The number of nitrogens with zero attached hydrogens (tertiary/aromatic N) is 2. The van der Waals surface area contributed by atoms with E-state index in [1.54, 1.807) is 0 Å². The van der Waals surface area contributed by atoms with Crippen molar-refractivity contribution in [3.63, 3.8) is 0 Å². The van der Waals surface area contributed by atoms with E-state index in [0.717, 1.165) is 23.8 Å². The zero-order valence-corrected chi connectivity index (χ0v) is 12.3. The highest BCUT2D eigenvalue weighted by molar-refractivity contribution is 7.98. The van der Waals surface area contributed by atoms with E-state index in [1.807, 2.05) is 18.8 Å². The first-order valence-corrected chi connectivity index (χ1v) is 7.32. The van der Waals surface area contributed by atoms with Gasteiger partial charge in [0.15, 0.2) is 0 Å².